The zero-order valence-corrected chi connectivity index (χ0v) is 12.0. The van der Waals surface area contributed by atoms with Gasteiger partial charge < -0.3 is 10.6 Å². The summed E-state index contributed by atoms with van der Waals surface area (Å²) >= 11 is 0. The number of carbonyl (C=O) groups is 1. The molecule has 2 aromatic heterocycles. The Kier molecular flexibility index (Phi) is 3.70. The van der Waals surface area contributed by atoms with Crippen molar-refractivity contribution in [3.8, 4) is 5.82 Å². The summed E-state index contributed by atoms with van der Waals surface area (Å²) in [5.74, 6) is 0.718. The first-order valence-corrected chi connectivity index (χ1v) is 7.20. The molecule has 0 saturated carbocycles. The molecule has 2 aromatic rings. The number of nitrogens with one attached hydrogen (secondary N) is 2. The topological polar surface area (TPSA) is 71.8 Å². The van der Waals surface area contributed by atoms with E-state index in [9.17, 15) is 4.79 Å². The highest BCUT2D eigenvalue weighted by Crippen LogP contribution is 2.21. The molecule has 110 valence electrons. The smallest absolute Gasteiger partial charge is 0.244 e. The molecule has 6 nitrogen and oxygen atoms in total. The Balaban J connectivity index is 1.69. The summed E-state index contributed by atoms with van der Waals surface area (Å²) in [6, 6.07) is 5.51. The quantitative estimate of drug-likeness (QED) is 0.901. The number of hydrogen-bond donors (Lipinski definition) is 2. The van der Waals surface area contributed by atoms with Crippen LogP contribution in [0.1, 0.15) is 26.2 Å². The van der Waals surface area contributed by atoms with E-state index in [0.29, 0.717) is 5.69 Å². The van der Waals surface area contributed by atoms with Gasteiger partial charge in [0.2, 0.25) is 5.91 Å². The van der Waals surface area contributed by atoms with E-state index < -0.39 is 5.54 Å². The SMILES string of the molecule is CC1(C(=O)Nc2ccc(-n3cccn3)nc2)CCCCN1. The number of anilines is 1. The van der Waals surface area contributed by atoms with Crippen molar-refractivity contribution in [1.29, 1.82) is 0 Å². The van der Waals surface area contributed by atoms with Crippen LogP contribution < -0.4 is 10.6 Å². The molecule has 2 N–H and O–H groups in total. The van der Waals surface area contributed by atoms with Gasteiger partial charge in [0.05, 0.1) is 17.4 Å². The van der Waals surface area contributed by atoms with Crippen LogP contribution in [-0.4, -0.2) is 32.8 Å². The van der Waals surface area contributed by atoms with Gasteiger partial charge in [-0.2, -0.15) is 5.10 Å². The summed E-state index contributed by atoms with van der Waals surface area (Å²) in [5.41, 5.74) is 0.211. The van der Waals surface area contributed by atoms with Crippen LogP contribution in [0.3, 0.4) is 0 Å². The molecule has 1 atom stereocenters. The molecule has 3 heterocycles. The fourth-order valence-corrected chi connectivity index (χ4v) is 2.52. The van der Waals surface area contributed by atoms with Gasteiger partial charge in [0, 0.05) is 12.4 Å². The van der Waals surface area contributed by atoms with Gasteiger partial charge in [-0.05, 0) is 50.9 Å². The molecular formula is C15H19N5O. The fourth-order valence-electron chi connectivity index (χ4n) is 2.52. The number of nitrogens with zero attached hydrogens (tertiary/aromatic N) is 3. The minimum absolute atomic E-state index is 0.00385. The largest absolute Gasteiger partial charge is 0.323 e. The van der Waals surface area contributed by atoms with Crippen molar-refractivity contribution in [1.82, 2.24) is 20.1 Å². The van der Waals surface area contributed by atoms with Gasteiger partial charge in [0.15, 0.2) is 5.82 Å². The van der Waals surface area contributed by atoms with Crippen LogP contribution >= 0.6 is 0 Å². The van der Waals surface area contributed by atoms with Crippen LogP contribution in [0.5, 0.6) is 0 Å². The van der Waals surface area contributed by atoms with E-state index in [1.807, 2.05) is 31.3 Å². The molecule has 1 fully saturated rings. The number of aromatic nitrogens is 3. The number of carbonyl (C=O) groups excluding carboxylic acids is 1. The number of hydrogen-bond acceptors (Lipinski definition) is 4. The number of pyridine rings is 1. The summed E-state index contributed by atoms with van der Waals surface area (Å²) < 4.78 is 1.68. The predicted octanol–water partition coefficient (Wildman–Crippen LogP) is 1.74. The number of piperidine rings is 1. The van der Waals surface area contributed by atoms with E-state index in [-0.39, 0.29) is 5.91 Å². The van der Waals surface area contributed by atoms with Crippen molar-refractivity contribution in [2.24, 2.45) is 0 Å². The second-order valence-corrected chi connectivity index (χ2v) is 5.53. The molecule has 1 aliphatic heterocycles. The summed E-state index contributed by atoms with van der Waals surface area (Å²) in [4.78, 5) is 16.7. The van der Waals surface area contributed by atoms with Crippen LogP contribution in [0.15, 0.2) is 36.8 Å². The van der Waals surface area contributed by atoms with Crippen molar-refractivity contribution >= 4 is 11.6 Å². The molecule has 1 saturated heterocycles. The van der Waals surface area contributed by atoms with Gasteiger partial charge in [0.25, 0.3) is 0 Å². The van der Waals surface area contributed by atoms with E-state index in [1.165, 1.54) is 0 Å². The average Bonchev–Trinajstić information content (AvgIpc) is 3.03. The third-order valence-electron chi connectivity index (χ3n) is 3.86. The van der Waals surface area contributed by atoms with E-state index in [4.69, 9.17) is 0 Å². The lowest BCUT2D eigenvalue weighted by Gasteiger charge is -2.33. The molecule has 0 radical (unpaired) electrons. The zero-order chi connectivity index (χ0) is 14.7. The maximum absolute atomic E-state index is 12.4. The van der Waals surface area contributed by atoms with Gasteiger partial charge in [-0.3, -0.25) is 4.79 Å². The first-order chi connectivity index (χ1) is 10.2. The Bertz CT molecular complexity index is 600. The van der Waals surface area contributed by atoms with Crippen molar-refractivity contribution in [3.05, 3.63) is 36.8 Å². The maximum Gasteiger partial charge on any atom is 0.244 e. The molecule has 6 heteroatoms. The standard InChI is InChI=1S/C15H19N5O/c1-15(7-2-3-8-17-15)14(21)19-12-5-6-13(16-11-12)20-10-4-9-18-20/h4-6,9-11,17H,2-3,7-8H2,1H3,(H,19,21). The highest BCUT2D eigenvalue weighted by Gasteiger charge is 2.34. The van der Waals surface area contributed by atoms with E-state index in [0.717, 1.165) is 31.6 Å². The zero-order valence-electron chi connectivity index (χ0n) is 12.0. The third kappa shape index (κ3) is 2.95. The van der Waals surface area contributed by atoms with Crippen LogP contribution in [0.2, 0.25) is 0 Å². The summed E-state index contributed by atoms with van der Waals surface area (Å²) in [6.07, 6.45) is 8.25. The van der Waals surface area contributed by atoms with Crippen LogP contribution in [0, 0.1) is 0 Å². The predicted molar refractivity (Wildman–Crippen MR) is 80.2 cm³/mol. The lowest BCUT2D eigenvalue weighted by molar-refractivity contribution is -0.122. The summed E-state index contributed by atoms with van der Waals surface area (Å²) in [5, 5.41) is 10.4. The van der Waals surface area contributed by atoms with Crippen LogP contribution in [-0.2, 0) is 4.79 Å². The molecule has 0 spiro atoms. The molecule has 0 bridgehead atoms. The van der Waals surface area contributed by atoms with Gasteiger partial charge in [-0.15, -0.1) is 0 Å². The highest BCUT2D eigenvalue weighted by atomic mass is 16.2. The molecule has 1 aliphatic rings. The minimum atomic E-state index is -0.487. The Morgan fingerprint density at radius 2 is 2.33 bits per heavy atom. The Morgan fingerprint density at radius 3 is 2.95 bits per heavy atom. The van der Waals surface area contributed by atoms with Crippen molar-refractivity contribution < 1.29 is 4.79 Å². The lowest BCUT2D eigenvalue weighted by Crippen LogP contribution is -2.54. The molecular weight excluding hydrogens is 266 g/mol. The molecule has 3 rings (SSSR count). The maximum atomic E-state index is 12.4. The second kappa shape index (κ2) is 5.65. The Hall–Kier alpha value is -2.21. The van der Waals surface area contributed by atoms with Crippen molar-refractivity contribution in [2.45, 2.75) is 31.7 Å². The van der Waals surface area contributed by atoms with E-state index in [1.54, 1.807) is 17.1 Å². The molecule has 21 heavy (non-hydrogen) atoms. The van der Waals surface area contributed by atoms with Gasteiger partial charge >= 0.3 is 0 Å². The highest BCUT2D eigenvalue weighted by molar-refractivity contribution is 5.97. The second-order valence-electron chi connectivity index (χ2n) is 5.53. The first kappa shape index (κ1) is 13.8. The Morgan fingerprint density at radius 1 is 1.43 bits per heavy atom. The number of rotatable bonds is 3. The Labute approximate surface area is 123 Å². The van der Waals surface area contributed by atoms with Gasteiger partial charge in [-0.1, -0.05) is 0 Å². The summed E-state index contributed by atoms with van der Waals surface area (Å²) in [6.45, 7) is 2.84. The fraction of sp³-hybridized carbons (Fsp3) is 0.400. The molecule has 0 aromatic carbocycles. The van der Waals surface area contributed by atoms with Crippen molar-refractivity contribution in [3.63, 3.8) is 0 Å². The molecule has 1 amide bonds. The summed E-state index contributed by atoms with van der Waals surface area (Å²) in [7, 11) is 0. The molecule has 0 aliphatic carbocycles. The minimum Gasteiger partial charge on any atom is -0.323 e. The molecule has 1 unspecified atom stereocenters. The van der Waals surface area contributed by atoms with Gasteiger partial charge in [-0.25, -0.2) is 9.67 Å². The monoisotopic (exact) mass is 285 g/mol. The van der Waals surface area contributed by atoms with E-state index >= 15 is 0 Å². The average molecular weight is 285 g/mol. The normalized spacial score (nSPS) is 22.0. The van der Waals surface area contributed by atoms with Gasteiger partial charge in [0.1, 0.15) is 0 Å². The lowest BCUT2D eigenvalue weighted by atomic mass is 9.90. The third-order valence-corrected chi connectivity index (χ3v) is 3.86. The number of amides is 1. The van der Waals surface area contributed by atoms with Crippen LogP contribution in [0.25, 0.3) is 5.82 Å². The van der Waals surface area contributed by atoms with Crippen LogP contribution in [0.4, 0.5) is 5.69 Å². The first-order valence-electron chi connectivity index (χ1n) is 7.20. The van der Waals surface area contributed by atoms with E-state index in [2.05, 4.69) is 20.7 Å². The van der Waals surface area contributed by atoms with Crippen molar-refractivity contribution in [2.75, 3.05) is 11.9 Å².